The molecule has 0 saturated carbocycles. The average Bonchev–Trinajstić information content (AvgIpc) is 1.99. The van der Waals surface area contributed by atoms with E-state index in [9.17, 15) is 10.3 Å². The van der Waals surface area contributed by atoms with Gasteiger partial charge < -0.3 is 10.3 Å². The van der Waals surface area contributed by atoms with E-state index in [0.29, 0.717) is 0 Å². The fraction of sp³-hybridized carbons (Fsp3) is 1.00. The minimum Gasteiger partial charge on any atom is -0.393 e. The van der Waals surface area contributed by atoms with Crippen LogP contribution in [0.5, 0.6) is 0 Å². The van der Waals surface area contributed by atoms with Crippen LogP contribution in [0.2, 0.25) is 0 Å². The molecule has 0 radical (unpaired) electrons. The molecule has 2 unspecified atom stereocenters. The van der Waals surface area contributed by atoms with Gasteiger partial charge in [-0.1, -0.05) is 0 Å². The van der Waals surface area contributed by atoms with Crippen LogP contribution in [0.25, 0.3) is 0 Å². The molecular formula is C11H23NO2. The highest BCUT2D eigenvalue weighted by molar-refractivity contribution is 4.98. The van der Waals surface area contributed by atoms with Crippen molar-refractivity contribution in [2.75, 3.05) is 0 Å². The summed E-state index contributed by atoms with van der Waals surface area (Å²) in [5.41, 5.74) is -0.537. The zero-order valence-electron chi connectivity index (χ0n) is 9.91. The Hall–Kier alpha value is -0.120. The molecule has 3 heteroatoms. The van der Waals surface area contributed by atoms with Crippen molar-refractivity contribution < 1.29 is 10.3 Å². The smallest absolute Gasteiger partial charge is 0.0558 e. The van der Waals surface area contributed by atoms with Gasteiger partial charge in [0.15, 0.2) is 0 Å². The molecule has 0 aliphatic carbocycles. The predicted molar refractivity (Wildman–Crippen MR) is 56.2 cm³/mol. The largest absolute Gasteiger partial charge is 0.393 e. The molecule has 1 fully saturated rings. The van der Waals surface area contributed by atoms with Gasteiger partial charge >= 0.3 is 0 Å². The fourth-order valence-corrected chi connectivity index (χ4v) is 2.74. The van der Waals surface area contributed by atoms with E-state index in [0.717, 1.165) is 12.8 Å². The van der Waals surface area contributed by atoms with Gasteiger partial charge in [0.25, 0.3) is 0 Å². The summed E-state index contributed by atoms with van der Waals surface area (Å²) >= 11 is 0. The van der Waals surface area contributed by atoms with Crippen LogP contribution in [0.3, 0.4) is 0 Å². The lowest BCUT2D eigenvalue weighted by Gasteiger charge is -2.53. The van der Waals surface area contributed by atoms with E-state index < -0.39 is 0 Å². The van der Waals surface area contributed by atoms with Crippen molar-refractivity contribution in [1.29, 1.82) is 0 Å². The van der Waals surface area contributed by atoms with Crippen LogP contribution in [-0.4, -0.2) is 32.6 Å². The summed E-state index contributed by atoms with van der Waals surface area (Å²) in [7, 11) is 0. The summed E-state index contributed by atoms with van der Waals surface area (Å²) in [6, 6.07) is 0. The van der Waals surface area contributed by atoms with Gasteiger partial charge in [0.2, 0.25) is 0 Å². The second-order valence-electron chi connectivity index (χ2n) is 5.66. The number of piperidine rings is 1. The third kappa shape index (κ3) is 1.81. The van der Waals surface area contributed by atoms with Gasteiger partial charge in [0, 0.05) is 17.0 Å². The third-order valence-corrected chi connectivity index (χ3v) is 3.68. The Labute approximate surface area is 86.7 Å². The van der Waals surface area contributed by atoms with Gasteiger partial charge in [0.1, 0.15) is 0 Å². The minimum absolute atomic E-state index is 0.139. The molecule has 14 heavy (non-hydrogen) atoms. The summed E-state index contributed by atoms with van der Waals surface area (Å²) in [6.45, 7) is 9.86. The quantitative estimate of drug-likeness (QED) is 0.682. The molecule has 0 aromatic heterocycles. The zero-order chi connectivity index (χ0) is 11.1. The first-order valence-corrected chi connectivity index (χ1v) is 5.37. The molecular weight excluding hydrogens is 178 g/mol. The first kappa shape index (κ1) is 12.0. The Morgan fingerprint density at radius 3 is 2.21 bits per heavy atom. The molecule has 1 aliphatic rings. The molecule has 2 N–H and O–H groups in total. The molecule has 1 aliphatic heterocycles. The highest BCUT2D eigenvalue weighted by atomic mass is 16.5. The van der Waals surface area contributed by atoms with Gasteiger partial charge in [-0.25, -0.2) is 0 Å². The van der Waals surface area contributed by atoms with Crippen molar-refractivity contribution in [3.05, 3.63) is 0 Å². The summed E-state index contributed by atoms with van der Waals surface area (Å²) in [5, 5.41) is 21.2. The summed E-state index contributed by atoms with van der Waals surface area (Å²) in [5.74, 6) is 0.139. The second kappa shape index (κ2) is 3.47. The van der Waals surface area contributed by atoms with Crippen molar-refractivity contribution in [2.45, 2.75) is 64.6 Å². The van der Waals surface area contributed by atoms with Crippen LogP contribution >= 0.6 is 0 Å². The van der Waals surface area contributed by atoms with Crippen LogP contribution in [0.15, 0.2) is 0 Å². The summed E-state index contributed by atoms with van der Waals surface area (Å²) < 4.78 is 0. The number of rotatable bonds is 1. The average molecular weight is 201 g/mol. The van der Waals surface area contributed by atoms with Crippen molar-refractivity contribution in [1.82, 2.24) is 5.06 Å². The van der Waals surface area contributed by atoms with E-state index in [4.69, 9.17) is 0 Å². The predicted octanol–water partition coefficient (Wildman–Crippen LogP) is 2.03. The maximum absolute atomic E-state index is 10.1. The second-order valence-corrected chi connectivity index (χ2v) is 5.66. The van der Waals surface area contributed by atoms with E-state index in [1.807, 2.05) is 27.7 Å². The van der Waals surface area contributed by atoms with E-state index in [1.165, 1.54) is 5.06 Å². The molecule has 2 atom stereocenters. The highest BCUT2D eigenvalue weighted by Crippen LogP contribution is 2.41. The summed E-state index contributed by atoms with van der Waals surface area (Å²) in [6.07, 6.45) is 1.52. The topological polar surface area (TPSA) is 43.7 Å². The Morgan fingerprint density at radius 2 is 1.79 bits per heavy atom. The standard InChI is InChI=1S/C11H23NO2/c1-8(13)9-6-7-10(2,3)12(14)11(9,4)5/h8-9,13-14H,6-7H2,1-5H3. The first-order chi connectivity index (χ1) is 6.19. The number of aliphatic hydroxyl groups is 1. The van der Waals surface area contributed by atoms with E-state index >= 15 is 0 Å². The van der Waals surface area contributed by atoms with Crippen LogP contribution in [0.1, 0.15) is 47.5 Å². The van der Waals surface area contributed by atoms with Crippen LogP contribution in [0.4, 0.5) is 0 Å². The monoisotopic (exact) mass is 201 g/mol. The molecule has 1 heterocycles. The van der Waals surface area contributed by atoms with Crippen molar-refractivity contribution in [3.8, 4) is 0 Å². The SMILES string of the molecule is CC(O)C1CCC(C)(C)N(O)C1(C)C. The van der Waals surface area contributed by atoms with Gasteiger partial charge in [-0.2, -0.15) is 5.06 Å². The van der Waals surface area contributed by atoms with Crippen molar-refractivity contribution >= 4 is 0 Å². The zero-order valence-corrected chi connectivity index (χ0v) is 9.91. The van der Waals surface area contributed by atoms with Crippen molar-refractivity contribution in [3.63, 3.8) is 0 Å². The first-order valence-electron chi connectivity index (χ1n) is 5.37. The van der Waals surface area contributed by atoms with Crippen molar-refractivity contribution in [2.24, 2.45) is 5.92 Å². The molecule has 84 valence electrons. The van der Waals surface area contributed by atoms with Gasteiger partial charge in [0.05, 0.1) is 6.10 Å². The maximum Gasteiger partial charge on any atom is 0.0558 e. The van der Waals surface area contributed by atoms with Gasteiger partial charge in [-0.15, -0.1) is 0 Å². The maximum atomic E-state index is 10.1. The number of hydrogen-bond acceptors (Lipinski definition) is 3. The highest BCUT2D eigenvalue weighted by Gasteiger charge is 2.48. The van der Waals surface area contributed by atoms with Crippen LogP contribution < -0.4 is 0 Å². The van der Waals surface area contributed by atoms with E-state index in [2.05, 4.69) is 0 Å². The molecule has 0 aromatic carbocycles. The molecule has 0 amide bonds. The number of aliphatic hydroxyl groups excluding tert-OH is 1. The molecule has 1 saturated heterocycles. The van der Waals surface area contributed by atoms with Crippen LogP contribution in [-0.2, 0) is 0 Å². The van der Waals surface area contributed by atoms with E-state index in [-0.39, 0.29) is 23.1 Å². The Morgan fingerprint density at radius 1 is 1.29 bits per heavy atom. The number of nitrogens with zero attached hydrogens (tertiary/aromatic N) is 1. The molecule has 0 spiro atoms. The molecule has 0 bridgehead atoms. The lowest BCUT2D eigenvalue weighted by atomic mass is 9.72. The van der Waals surface area contributed by atoms with Gasteiger partial charge in [-0.05, 0) is 47.5 Å². The third-order valence-electron chi connectivity index (χ3n) is 3.68. The Kier molecular flexibility index (Phi) is 2.96. The molecule has 1 rings (SSSR count). The molecule has 0 aromatic rings. The fourth-order valence-electron chi connectivity index (χ4n) is 2.74. The Bertz CT molecular complexity index is 207. The lowest BCUT2D eigenvalue weighted by molar-refractivity contribution is -0.267. The Balaban J connectivity index is 2.91. The lowest BCUT2D eigenvalue weighted by Crippen LogP contribution is -2.62. The normalized spacial score (nSPS) is 34.1. The molecule has 3 nitrogen and oxygen atoms in total. The van der Waals surface area contributed by atoms with Gasteiger partial charge in [-0.3, -0.25) is 0 Å². The number of hydrogen-bond donors (Lipinski definition) is 2. The number of hydroxylamine groups is 2. The van der Waals surface area contributed by atoms with E-state index in [1.54, 1.807) is 6.92 Å². The minimum atomic E-state index is -0.365. The van der Waals surface area contributed by atoms with Crippen LogP contribution in [0, 0.1) is 5.92 Å². The summed E-state index contributed by atoms with van der Waals surface area (Å²) in [4.78, 5) is 0.